The van der Waals surface area contributed by atoms with E-state index in [1.807, 2.05) is 0 Å². The minimum absolute atomic E-state index is 0.784. The molecule has 3 heteroatoms. The number of fused-ring (bicyclic) bond motifs is 2. The molecule has 0 N–H and O–H groups in total. The van der Waals surface area contributed by atoms with Crippen LogP contribution in [-0.4, -0.2) is 54.9 Å². The van der Waals surface area contributed by atoms with Gasteiger partial charge in [0.2, 0.25) is 0 Å². The van der Waals surface area contributed by atoms with Gasteiger partial charge < -0.3 is 4.90 Å². The first-order chi connectivity index (χ1) is 8.35. The number of halogens is 1. The monoisotopic (exact) mass is 256 g/mol. The van der Waals surface area contributed by atoms with Gasteiger partial charge in [-0.05, 0) is 37.0 Å². The standard InChI is InChI=1S/C14H25ClN2/c15-3-4-16-5-7-17(8-6-16)11-14-10-12-1-2-13(14)9-12/h12-14H,1-11H2. The average molecular weight is 257 g/mol. The smallest absolute Gasteiger partial charge is 0.0351 e. The van der Waals surface area contributed by atoms with E-state index in [1.165, 1.54) is 52.0 Å². The third-order valence-electron chi connectivity index (χ3n) is 5.24. The van der Waals surface area contributed by atoms with Crippen molar-refractivity contribution >= 4 is 11.6 Å². The number of hydrogen-bond donors (Lipinski definition) is 0. The van der Waals surface area contributed by atoms with E-state index in [0.29, 0.717) is 0 Å². The Bertz CT molecular complexity index is 251. The lowest BCUT2D eigenvalue weighted by Crippen LogP contribution is -2.48. The van der Waals surface area contributed by atoms with Crippen molar-refractivity contribution in [3.8, 4) is 0 Å². The molecule has 1 aliphatic heterocycles. The van der Waals surface area contributed by atoms with Crippen molar-refractivity contribution in [3.05, 3.63) is 0 Å². The number of nitrogens with zero attached hydrogens (tertiary/aromatic N) is 2. The summed E-state index contributed by atoms with van der Waals surface area (Å²) in [6, 6.07) is 0. The number of hydrogen-bond acceptors (Lipinski definition) is 2. The largest absolute Gasteiger partial charge is 0.301 e. The number of piperazine rings is 1. The second-order valence-electron chi connectivity index (χ2n) is 6.27. The Kier molecular flexibility index (Phi) is 3.94. The molecule has 0 aromatic heterocycles. The zero-order chi connectivity index (χ0) is 11.7. The van der Waals surface area contributed by atoms with Crippen LogP contribution in [0.5, 0.6) is 0 Å². The van der Waals surface area contributed by atoms with Crippen LogP contribution in [0.4, 0.5) is 0 Å². The fourth-order valence-corrected chi connectivity index (χ4v) is 4.49. The summed E-state index contributed by atoms with van der Waals surface area (Å²) < 4.78 is 0. The summed E-state index contributed by atoms with van der Waals surface area (Å²) in [5.74, 6) is 4.00. The average Bonchev–Trinajstić information content (AvgIpc) is 2.94. The Balaban J connectivity index is 1.42. The summed E-state index contributed by atoms with van der Waals surface area (Å²) >= 11 is 5.80. The molecule has 2 bridgehead atoms. The van der Waals surface area contributed by atoms with Gasteiger partial charge in [-0.1, -0.05) is 6.42 Å². The van der Waals surface area contributed by atoms with Crippen LogP contribution in [0.3, 0.4) is 0 Å². The molecule has 98 valence electrons. The molecule has 0 amide bonds. The van der Waals surface area contributed by atoms with Gasteiger partial charge in [0.15, 0.2) is 0 Å². The fraction of sp³-hybridized carbons (Fsp3) is 1.00. The van der Waals surface area contributed by atoms with E-state index in [4.69, 9.17) is 11.6 Å². The molecular formula is C14H25ClN2. The van der Waals surface area contributed by atoms with Crippen molar-refractivity contribution in [2.24, 2.45) is 17.8 Å². The van der Waals surface area contributed by atoms with Crippen molar-refractivity contribution < 1.29 is 0 Å². The molecular weight excluding hydrogens is 232 g/mol. The molecule has 2 aliphatic carbocycles. The summed E-state index contributed by atoms with van der Waals surface area (Å²) in [5, 5.41) is 0. The molecule has 0 aromatic carbocycles. The van der Waals surface area contributed by atoms with Crippen molar-refractivity contribution in [2.45, 2.75) is 25.7 Å². The molecule has 17 heavy (non-hydrogen) atoms. The van der Waals surface area contributed by atoms with Gasteiger partial charge in [0.05, 0.1) is 0 Å². The van der Waals surface area contributed by atoms with Gasteiger partial charge in [-0.25, -0.2) is 0 Å². The maximum atomic E-state index is 5.80. The normalized spacial score (nSPS) is 39.0. The van der Waals surface area contributed by atoms with E-state index < -0.39 is 0 Å². The van der Waals surface area contributed by atoms with Crippen LogP contribution >= 0.6 is 11.6 Å². The quantitative estimate of drug-likeness (QED) is 0.712. The van der Waals surface area contributed by atoms with Crippen molar-refractivity contribution in [1.29, 1.82) is 0 Å². The lowest BCUT2D eigenvalue weighted by molar-refractivity contribution is 0.109. The Morgan fingerprint density at radius 3 is 2.29 bits per heavy atom. The van der Waals surface area contributed by atoms with Crippen LogP contribution in [0.15, 0.2) is 0 Å². The maximum absolute atomic E-state index is 5.80. The predicted octanol–water partition coefficient (Wildman–Crippen LogP) is 2.28. The summed E-state index contributed by atoms with van der Waals surface area (Å²) in [4.78, 5) is 5.21. The van der Waals surface area contributed by atoms with Gasteiger partial charge in [-0.3, -0.25) is 4.90 Å². The fourth-order valence-electron chi connectivity index (χ4n) is 4.25. The highest BCUT2D eigenvalue weighted by Crippen LogP contribution is 2.48. The first-order valence-electron chi connectivity index (χ1n) is 7.36. The van der Waals surface area contributed by atoms with Crippen LogP contribution in [-0.2, 0) is 0 Å². The van der Waals surface area contributed by atoms with Crippen molar-refractivity contribution in [1.82, 2.24) is 9.80 Å². The van der Waals surface area contributed by atoms with E-state index in [9.17, 15) is 0 Å². The van der Waals surface area contributed by atoms with Crippen LogP contribution in [0.2, 0.25) is 0 Å². The van der Waals surface area contributed by atoms with E-state index in [0.717, 1.165) is 30.2 Å². The van der Waals surface area contributed by atoms with E-state index in [2.05, 4.69) is 9.80 Å². The highest BCUT2D eigenvalue weighted by molar-refractivity contribution is 6.18. The van der Waals surface area contributed by atoms with Gasteiger partial charge in [0, 0.05) is 45.1 Å². The van der Waals surface area contributed by atoms with Crippen LogP contribution in [0, 0.1) is 17.8 Å². The third-order valence-corrected chi connectivity index (χ3v) is 5.41. The van der Waals surface area contributed by atoms with Crippen molar-refractivity contribution in [2.75, 3.05) is 45.1 Å². The van der Waals surface area contributed by atoms with E-state index in [-0.39, 0.29) is 0 Å². The van der Waals surface area contributed by atoms with Gasteiger partial charge in [0.1, 0.15) is 0 Å². The lowest BCUT2D eigenvalue weighted by atomic mass is 9.88. The summed E-state index contributed by atoms with van der Waals surface area (Å²) in [6.45, 7) is 7.45. The van der Waals surface area contributed by atoms with Gasteiger partial charge >= 0.3 is 0 Å². The molecule has 0 spiro atoms. The first-order valence-corrected chi connectivity index (χ1v) is 7.89. The number of rotatable bonds is 4. The zero-order valence-electron chi connectivity index (χ0n) is 10.8. The van der Waals surface area contributed by atoms with Crippen molar-refractivity contribution in [3.63, 3.8) is 0 Å². The van der Waals surface area contributed by atoms with Crippen LogP contribution in [0.1, 0.15) is 25.7 Å². The molecule has 1 heterocycles. The lowest BCUT2D eigenvalue weighted by Gasteiger charge is -2.37. The molecule has 3 fully saturated rings. The summed E-state index contributed by atoms with van der Waals surface area (Å²) in [7, 11) is 0. The molecule has 0 radical (unpaired) electrons. The van der Waals surface area contributed by atoms with Crippen LogP contribution < -0.4 is 0 Å². The Hall–Kier alpha value is 0.210. The second-order valence-corrected chi connectivity index (χ2v) is 6.64. The minimum Gasteiger partial charge on any atom is -0.301 e. The first kappa shape index (κ1) is 12.3. The third kappa shape index (κ3) is 2.80. The molecule has 1 saturated heterocycles. The van der Waals surface area contributed by atoms with E-state index in [1.54, 1.807) is 6.42 Å². The van der Waals surface area contributed by atoms with Gasteiger partial charge in [-0.2, -0.15) is 0 Å². The molecule has 2 saturated carbocycles. The van der Waals surface area contributed by atoms with E-state index >= 15 is 0 Å². The Labute approximate surface area is 110 Å². The molecule has 3 rings (SSSR count). The van der Waals surface area contributed by atoms with Crippen LogP contribution in [0.25, 0.3) is 0 Å². The maximum Gasteiger partial charge on any atom is 0.0351 e. The summed E-state index contributed by atoms with van der Waals surface area (Å²) in [6.07, 6.45) is 6.15. The second kappa shape index (κ2) is 5.46. The number of alkyl halides is 1. The summed E-state index contributed by atoms with van der Waals surface area (Å²) in [5.41, 5.74) is 0. The Morgan fingerprint density at radius 2 is 1.71 bits per heavy atom. The highest BCUT2D eigenvalue weighted by Gasteiger charge is 2.40. The molecule has 3 unspecified atom stereocenters. The van der Waals surface area contributed by atoms with Gasteiger partial charge in [0.25, 0.3) is 0 Å². The Morgan fingerprint density at radius 1 is 0.941 bits per heavy atom. The molecule has 0 aromatic rings. The molecule has 3 atom stereocenters. The minimum atomic E-state index is 0.784. The van der Waals surface area contributed by atoms with Gasteiger partial charge in [-0.15, -0.1) is 11.6 Å². The topological polar surface area (TPSA) is 6.48 Å². The highest BCUT2D eigenvalue weighted by atomic mass is 35.5. The SMILES string of the molecule is ClCCN1CCN(CC2CC3CCC2C3)CC1. The molecule has 2 nitrogen and oxygen atoms in total. The predicted molar refractivity (Wildman–Crippen MR) is 72.5 cm³/mol. The zero-order valence-corrected chi connectivity index (χ0v) is 11.5. The molecule has 3 aliphatic rings.